The molecule has 0 radical (unpaired) electrons. The summed E-state index contributed by atoms with van der Waals surface area (Å²) in [6.45, 7) is 4.51. The normalized spacial score (nSPS) is 22.9. The maximum absolute atomic E-state index is 12.8. The molecule has 4 heterocycles. The number of benzene rings is 1. The number of hydrogen-bond acceptors (Lipinski definition) is 5. The molecule has 2 atom stereocenters. The minimum absolute atomic E-state index is 0.210. The number of fused-ring (bicyclic) bond motifs is 2. The molecule has 29 heavy (non-hydrogen) atoms. The maximum atomic E-state index is 12.8. The highest BCUT2D eigenvalue weighted by atomic mass is 16.5. The van der Waals surface area contributed by atoms with E-state index >= 15 is 0 Å². The highest BCUT2D eigenvalue weighted by molar-refractivity contribution is 5.76. The molecule has 1 amide bonds. The van der Waals surface area contributed by atoms with Crippen molar-refractivity contribution in [2.45, 2.75) is 64.1 Å². The first kappa shape index (κ1) is 18.6. The van der Waals surface area contributed by atoms with Crippen LogP contribution < -0.4 is 10.1 Å². The zero-order chi connectivity index (χ0) is 19.8. The van der Waals surface area contributed by atoms with Gasteiger partial charge >= 0.3 is 0 Å². The Morgan fingerprint density at radius 1 is 1.34 bits per heavy atom. The zero-order valence-corrected chi connectivity index (χ0v) is 17.0. The Kier molecular flexibility index (Phi) is 4.96. The van der Waals surface area contributed by atoms with Crippen LogP contribution >= 0.6 is 0 Å². The largest absolute Gasteiger partial charge is 0.490 e. The SMILES string of the molecule is C[C@@H]1Cc2cc(CCC(=O)N3CCc4nc([C@@H]5CCCN5)ncc4C3)ccc2O1. The van der Waals surface area contributed by atoms with Crippen LogP contribution in [0.2, 0.25) is 0 Å². The van der Waals surface area contributed by atoms with Crippen molar-refractivity contribution in [1.29, 1.82) is 0 Å². The van der Waals surface area contributed by atoms with Gasteiger partial charge in [-0.15, -0.1) is 0 Å². The number of aryl methyl sites for hydroxylation is 1. The summed E-state index contributed by atoms with van der Waals surface area (Å²) in [5.41, 5.74) is 4.68. The van der Waals surface area contributed by atoms with E-state index in [0.29, 0.717) is 19.0 Å². The fourth-order valence-corrected chi connectivity index (χ4v) is 4.66. The standard InChI is InChI=1S/C23H28N4O2/c1-15-11-17-12-16(4-6-21(17)29-15)5-7-22(28)27-10-8-19-18(14-27)13-25-23(26-19)20-3-2-9-24-20/h4,6,12-13,15,20,24H,2-3,5,7-11,14H2,1H3/t15-,20+/m1/s1. The summed E-state index contributed by atoms with van der Waals surface area (Å²) in [4.78, 5) is 24.1. The van der Waals surface area contributed by atoms with E-state index in [1.807, 2.05) is 17.2 Å². The number of carbonyl (C=O) groups is 1. The number of rotatable bonds is 4. The minimum Gasteiger partial charge on any atom is -0.490 e. The molecule has 6 heteroatoms. The summed E-state index contributed by atoms with van der Waals surface area (Å²) in [6, 6.07) is 6.62. The summed E-state index contributed by atoms with van der Waals surface area (Å²) < 4.78 is 5.77. The lowest BCUT2D eigenvalue weighted by atomic mass is 10.0. The third kappa shape index (κ3) is 3.86. The van der Waals surface area contributed by atoms with Crippen LogP contribution in [-0.2, 0) is 30.6 Å². The molecule has 1 fully saturated rings. The van der Waals surface area contributed by atoms with Gasteiger partial charge in [0.2, 0.25) is 5.91 Å². The van der Waals surface area contributed by atoms with Gasteiger partial charge in [0, 0.05) is 44.1 Å². The van der Waals surface area contributed by atoms with Gasteiger partial charge in [-0.05, 0) is 49.9 Å². The Labute approximate surface area is 171 Å². The number of carbonyl (C=O) groups excluding carboxylic acids is 1. The fourth-order valence-electron chi connectivity index (χ4n) is 4.66. The number of ether oxygens (including phenoxy) is 1. The van der Waals surface area contributed by atoms with E-state index in [1.165, 1.54) is 17.5 Å². The van der Waals surface area contributed by atoms with Crippen LogP contribution in [0.25, 0.3) is 0 Å². The molecule has 0 unspecified atom stereocenters. The number of nitrogens with zero attached hydrogens (tertiary/aromatic N) is 3. The lowest BCUT2D eigenvalue weighted by Gasteiger charge is -2.28. The minimum atomic E-state index is 0.210. The van der Waals surface area contributed by atoms with Gasteiger partial charge in [0.1, 0.15) is 17.7 Å². The van der Waals surface area contributed by atoms with Crippen molar-refractivity contribution in [3.63, 3.8) is 0 Å². The molecule has 6 nitrogen and oxygen atoms in total. The highest BCUT2D eigenvalue weighted by Crippen LogP contribution is 2.30. The molecular weight excluding hydrogens is 364 g/mol. The van der Waals surface area contributed by atoms with Crippen LogP contribution in [0.4, 0.5) is 0 Å². The summed E-state index contributed by atoms with van der Waals surface area (Å²) in [6.07, 6.45) is 7.56. The lowest BCUT2D eigenvalue weighted by molar-refractivity contribution is -0.132. The fraction of sp³-hybridized carbons (Fsp3) is 0.522. The molecule has 1 N–H and O–H groups in total. The average Bonchev–Trinajstić information content (AvgIpc) is 3.39. The van der Waals surface area contributed by atoms with E-state index in [4.69, 9.17) is 9.72 Å². The molecular formula is C23H28N4O2. The van der Waals surface area contributed by atoms with E-state index in [-0.39, 0.29) is 12.0 Å². The van der Waals surface area contributed by atoms with Crippen molar-refractivity contribution < 1.29 is 9.53 Å². The van der Waals surface area contributed by atoms with Gasteiger partial charge in [-0.3, -0.25) is 4.79 Å². The first-order valence-corrected chi connectivity index (χ1v) is 10.8. The van der Waals surface area contributed by atoms with Crippen molar-refractivity contribution in [2.75, 3.05) is 13.1 Å². The second kappa shape index (κ2) is 7.75. The van der Waals surface area contributed by atoms with Crippen molar-refractivity contribution in [3.05, 3.63) is 52.6 Å². The topological polar surface area (TPSA) is 67.4 Å². The monoisotopic (exact) mass is 392 g/mol. The van der Waals surface area contributed by atoms with E-state index in [2.05, 4.69) is 29.4 Å². The van der Waals surface area contributed by atoms with E-state index in [0.717, 1.165) is 61.6 Å². The number of aromatic nitrogens is 2. The first-order valence-electron chi connectivity index (χ1n) is 10.8. The molecule has 1 saturated heterocycles. The Bertz CT molecular complexity index is 923. The van der Waals surface area contributed by atoms with Crippen molar-refractivity contribution in [3.8, 4) is 5.75 Å². The Morgan fingerprint density at radius 2 is 2.28 bits per heavy atom. The highest BCUT2D eigenvalue weighted by Gasteiger charge is 2.25. The summed E-state index contributed by atoms with van der Waals surface area (Å²) in [5, 5.41) is 3.46. The van der Waals surface area contributed by atoms with Gasteiger partial charge in [-0.2, -0.15) is 0 Å². The van der Waals surface area contributed by atoms with E-state index in [1.54, 1.807) is 0 Å². The molecule has 0 bridgehead atoms. The van der Waals surface area contributed by atoms with Gasteiger partial charge in [0.15, 0.2) is 0 Å². The predicted molar refractivity (Wildman–Crippen MR) is 110 cm³/mol. The Hall–Kier alpha value is -2.47. The molecule has 3 aliphatic heterocycles. The lowest BCUT2D eigenvalue weighted by Crippen LogP contribution is -2.37. The summed E-state index contributed by atoms with van der Waals surface area (Å²) in [7, 11) is 0. The number of hydrogen-bond donors (Lipinski definition) is 1. The van der Waals surface area contributed by atoms with Gasteiger partial charge in [-0.25, -0.2) is 9.97 Å². The second-order valence-corrected chi connectivity index (χ2v) is 8.49. The second-order valence-electron chi connectivity index (χ2n) is 8.49. The molecule has 0 aliphatic carbocycles. The van der Waals surface area contributed by atoms with Crippen LogP contribution in [0.15, 0.2) is 24.4 Å². The summed E-state index contributed by atoms with van der Waals surface area (Å²) >= 11 is 0. The van der Waals surface area contributed by atoms with Crippen LogP contribution in [0, 0.1) is 0 Å². The molecule has 0 saturated carbocycles. The van der Waals surface area contributed by atoms with E-state index < -0.39 is 0 Å². The van der Waals surface area contributed by atoms with Crippen molar-refractivity contribution >= 4 is 5.91 Å². The molecule has 0 spiro atoms. The first-order chi connectivity index (χ1) is 14.2. The molecule has 5 rings (SSSR count). The van der Waals surface area contributed by atoms with Crippen LogP contribution in [0.3, 0.4) is 0 Å². The van der Waals surface area contributed by atoms with Gasteiger partial charge in [0.25, 0.3) is 0 Å². The van der Waals surface area contributed by atoms with Crippen LogP contribution in [0.5, 0.6) is 5.75 Å². The van der Waals surface area contributed by atoms with Gasteiger partial charge in [0.05, 0.1) is 11.7 Å². The third-order valence-electron chi connectivity index (χ3n) is 6.27. The quantitative estimate of drug-likeness (QED) is 0.867. The summed E-state index contributed by atoms with van der Waals surface area (Å²) in [5.74, 6) is 2.12. The smallest absolute Gasteiger partial charge is 0.223 e. The molecule has 3 aliphatic rings. The number of amides is 1. The molecule has 1 aromatic heterocycles. The van der Waals surface area contributed by atoms with Crippen molar-refractivity contribution in [2.24, 2.45) is 0 Å². The average molecular weight is 393 g/mol. The van der Waals surface area contributed by atoms with E-state index in [9.17, 15) is 4.79 Å². The Morgan fingerprint density at radius 3 is 3.14 bits per heavy atom. The van der Waals surface area contributed by atoms with Gasteiger partial charge in [-0.1, -0.05) is 12.1 Å². The predicted octanol–water partition coefficient (Wildman–Crippen LogP) is 2.74. The zero-order valence-electron chi connectivity index (χ0n) is 17.0. The number of nitrogens with one attached hydrogen (secondary N) is 1. The van der Waals surface area contributed by atoms with Crippen molar-refractivity contribution in [1.82, 2.24) is 20.2 Å². The molecule has 2 aromatic rings. The Balaban J connectivity index is 1.19. The molecule has 1 aromatic carbocycles. The maximum Gasteiger partial charge on any atom is 0.223 e. The molecule has 152 valence electrons. The van der Waals surface area contributed by atoms with Crippen LogP contribution in [0.1, 0.15) is 60.4 Å². The van der Waals surface area contributed by atoms with Crippen LogP contribution in [-0.4, -0.2) is 40.0 Å². The third-order valence-corrected chi connectivity index (χ3v) is 6.27. The van der Waals surface area contributed by atoms with Gasteiger partial charge < -0.3 is 15.0 Å².